The van der Waals surface area contributed by atoms with Crippen molar-refractivity contribution >= 4 is 17.3 Å². The smallest absolute Gasteiger partial charge is 0.337 e. The van der Waals surface area contributed by atoms with Crippen molar-refractivity contribution in [2.75, 3.05) is 10.6 Å². The summed E-state index contributed by atoms with van der Waals surface area (Å²) in [6.45, 7) is 4.30. The Morgan fingerprint density at radius 1 is 1.33 bits per heavy atom. The molecule has 1 heterocycles. The summed E-state index contributed by atoms with van der Waals surface area (Å²) in [6.07, 6.45) is 3.41. The quantitative estimate of drug-likeness (QED) is 0.790. The highest BCUT2D eigenvalue weighted by Crippen LogP contribution is 2.32. The molecule has 0 radical (unpaired) electrons. The number of piperidine rings is 1. The third kappa shape index (κ3) is 2.28. The van der Waals surface area contributed by atoms with E-state index in [0.29, 0.717) is 23.3 Å². The summed E-state index contributed by atoms with van der Waals surface area (Å²) < 4.78 is 0. The predicted molar refractivity (Wildman–Crippen MR) is 73.1 cm³/mol. The van der Waals surface area contributed by atoms with Gasteiger partial charge in [0.05, 0.1) is 11.3 Å². The molecule has 0 aliphatic carbocycles. The second-order valence-corrected chi connectivity index (χ2v) is 5.12. The molecule has 1 aliphatic rings. The fourth-order valence-electron chi connectivity index (χ4n) is 2.85. The summed E-state index contributed by atoms with van der Waals surface area (Å²) in [6, 6.07) is 5.89. The largest absolute Gasteiger partial charge is 0.478 e. The Labute approximate surface area is 107 Å². The Morgan fingerprint density at radius 2 is 1.94 bits per heavy atom. The first-order valence-corrected chi connectivity index (χ1v) is 6.42. The summed E-state index contributed by atoms with van der Waals surface area (Å²) in [7, 11) is 0. The van der Waals surface area contributed by atoms with Gasteiger partial charge in [0.25, 0.3) is 0 Å². The van der Waals surface area contributed by atoms with Crippen molar-refractivity contribution in [1.29, 1.82) is 0 Å². The van der Waals surface area contributed by atoms with E-state index in [1.54, 1.807) is 12.1 Å². The van der Waals surface area contributed by atoms with Crippen LogP contribution in [0, 0.1) is 0 Å². The molecule has 1 fully saturated rings. The first-order valence-electron chi connectivity index (χ1n) is 6.42. The summed E-state index contributed by atoms with van der Waals surface area (Å²) in [5.41, 5.74) is 7.27. The normalized spacial score (nSPS) is 24.0. The second kappa shape index (κ2) is 4.88. The third-order valence-electron chi connectivity index (χ3n) is 3.72. The zero-order chi connectivity index (χ0) is 13.3. The maximum atomic E-state index is 11.3. The van der Waals surface area contributed by atoms with Crippen LogP contribution in [0.5, 0.6) is 0 Å². The molecule has 4 heteroatoms. The van der Waals surface area contributed by atoms with Gasteiger partial charge in [-0.25, -0.2) is 4.79 Å². The average Bonchev–Trinajstić information content (AvgIpc) is 2.30. The maximum absolute atomic E-state index is 11.3. The lowest BCUT2D eigenvalue weighted by atomic mass is 9.95. The molecule has 18 heavy (non-hydrogen) atoms. The minimum Gasteiger partial charge on any atom is -0.478 e. The summed E-state index contributed by atoms with van der Waals surface area (Å²) in [4.78, 5) is 13.6. The first-order chi connectivity index (χ1) is 8.50. The van der Waals surface area contributed by atoms with Crippen LogP contribution in [0.25, 0.3) is 0 Å². The van der Waals surface area contributed by atoms with Gasteiger partial charge in [0, 0.05) is 17.8 Å². The fraction of sp³-hybridized carbons (Fsp3) is 0.500. The third-order valence-corrected chi connectivity index (χ3v) is 3.72. The molecule has 0 amide bonds. The van der Waals surface area contributed by atoms with Gasteiger partial charge in [0.15, 0.2) is 0 Å². The minimum atomic E-state index is -0.915. The molecule has 0 aromatic heterocycles. The predicted octanol–water partition coefficient (Wildman–Crippen LogP) is 2.73. The topological polar surface area (TPSA) is 66.6 Å². The lowest BCUT2D eigenvalue weighted by Gasteiger charge is -2.41. The number of carboxylic acid groups (broad SMARTS) is 1. The Balaban J connectivity index is 2.45. The zero-order valence-electron chi connectivity index (χ0n) is 10.9. The van der Waals surface area contributed by atoms with E-state index in [-0.39, 0.29) is 0 Å². The van der Waals surface area contributed by atoms with Crippen LogP contribution in [0.3, 0.4) is 0 Å². The molecule has 2 unspecified atom stereocenters. The second-order valence-electron chi connectivity index (χ2n) is 5.12. The van der Waals surface area contributed by atoms with Crippen molar-refractivity contribution < 1.29 is 9.90 Å². The molecule has 4 nitrogen and oxygen atoms in total. The number of hydrogen-bond acceptors (Lipinski definition) is 3. The van der Waals surface area contributed by atoms with E-state index in [1.165, 1.54) is 6.42 Å². The van der Waals surface area contributed by atoms with E-state index in [9.17, 15) is 9.90 Å². The van der Waals surface area contributed by atoms with Crippen LogP contribution in [-0.2, 0) is 0 Å². The van der Waals surface area contributed by atoms with Crippen LogP contribution < -0.4 is 10.6 Å². The summed E-state index contributed by atoms with van der Waals surface area (Å²) in [5.74, 6) is -0.915. The van der Waals surface area contributed by atoms with Gasteiger partial charge in [0.1, 0.15) is 0 Å². The zero-order valence-corrected chi connectivity index (χ0v) is 10.9. The number of nitrogens with two attached hydrogens (primary N) is 1. The highest BCUT2D eigenvalue weighted by atomic mass is 16.4. The highest BCUT2D eigenvalue weighted by molar-refractivity contribution is 5.95. The van der Waals surface area contributed by atoms with Gasteiger partial charge in [-0.2, -0.15) is 0 Å². The molecule has 0 spiro atoms. The van der Waals surface area contributed by atoms with Gasteiger partial charge in [-0.05, 0) is 51.3 Å². The molecule has 2 rings (SSSR count). The van der Waals surface area contributed by atoms with Crippen LogP contribution in [0.1, 0.15) is 43.5 Å². The Hall–Kier alpha value is -1.71. The van der Waals surface area contributed by atoms with Crippen LogP contribution in [0.15, 0.2) is 18.2 Å². The number of nitrogens with zero attached hydrogens (tertiary/aromatic N) is 1. The number of anilines is 2. The van der Waals surface area contributed by atoms with Gasteiger partial charge >= 0.3 is 5.97 Å². The first kappa shape index (κ1) is 12.7. The van der Waals surface area contributed by atoms with E-state index >= 15 is 0 Å². The van der Waals surface area contributed by atoms with Crippen molar-refractivity contribution in [3.8, 4) is 0 Å². The number of rotatable bonds is 2. The Morgan fingerprint density at radius 3 is 2.50 bits per heavy atom. The minimum absolute atomic E-state index is 0.301. The molecular formula is C14H20N2O2. The molecule has 1 aromatic carbocycles. The van der Waals surface area contributed by atoms with E-state index in [1.807, 2.05) is 6.07 Å². The fourth-order valence-corrected chi connectivity index (χ4v) is 2.85. The standard InChI is InChI=1S/C14H20N2O2/c1-9-4-3-5-10(2)16(9)13-7-6-11(15)8-12(13)14(17)18/h6-10H,3-5,15H2,1-2H3,(H,17,18). The monoisotopic (exact) mass is 248 g/mol. The van der Waals surface area contributed by atoms with E-state index in [0.717, 1.165) is 18.5 Å². The van der Waals surface area contributed by atoms with E-state index < -0.39 is 5.97 Å². The number of nitrogen functional groups attached to an aromatic ring is 1. The molecular weight excluding hydrogens is 228 g/mol. The van der Waals surface area contributed by atoms with E-state index in [4.69, 9.17) is 5.73 Å². The molecule has 1 aliphatic heterocycles. The number of aromatic carboxylic acids is 1. The molecule has 1 saturated heterocycles. The average molecular weight is 248 g/mol. The van der Waals surface area contributed by atoms with Crippen molar-refractivity contribution in [2.24, 2.45) is 0 Å². The van der Waals surface area contributed by atoms with Crippen molar-refractivity contribution in [3.63, 3.8) is 0 Å². The highest BCUT2D eigenvalue weighted by Gasteiger charge is 2.27. The SMILES string of the molecule is CC1CCCC(C)N1c1ccc(N)cc1C(=O)O. The number of carbonyl (C=O) groups is 1. The lowest BCUT2D eigenvalue weighted by Crippen LogP contribution is -2.44. The van der Waals surface area contributed by atoms with Gasteiger partial charge in [-0.15, -0.1) is 0 Å². The maximum Gasteiger partial charge on any atom is 0.337 e. The van der Waals surface area contributed by atoms with Crippen molar-refractivity contribution in [1.82, 2.24) is 0 Å². The summed E-state index contributed by atoms with van der Waals surface area (Å²) >= 11 is 0. The number of benzene rings is 1. The molecule has 2 atom stereocenters. The summed E-state index contributed by atoms with van der Waals surface area (Å²) in [5, 5.41) is 9.31. The molecule has 98 valence electrons. The Bertz CT molecular complexity index is 449. The van der Waals surface area contributed by atoms with Gasteiger partial charge in [-0.3, -0.25) is 0 Å². The molecule has 3 N–H and O–H groups in total. The lowest BCUT2D eigenvalue weighted by molar-refractivity contribution is 0.0697. The van der Waals surface area contributed by atoms with Gasteiger partial charge in [-0.1, -0.05) is 0 Å². The number of hydrogen-bond donors (Lipinski definition) is 2. The van der Waals surface area contributed by atoms with Gasteiger partial charge < -0.3 is 15.7 Å². The number of carboxylic acids is 1. The van der Waals surface area contributed by atoms with Crippen LogP contribution in [0.2, 0.25) is 0 Å². The van der Waals surface area contributed by atoms with Crippen molar-refractivity contribution in [2.45, 2.75) is 45.2 Å². The van der Waals surface area contributed by atoms with E-state index in [2.05, 4.69) is 18.7 Å². The van der Waals surface area contributed by atoms with Crippen LogP contribution in [-0.4, -0.2) is 23.2 Å². The van der Waals surface area contributed by atoms with Gasteiger partial charge in [0.2, 0.25) is 0 Å². The molecule has 0 saturated carbocycles. The van der Waals surface area contributed by atoms with Crippen LogP contribution >= 0.6 is 0 Å². The van der Waals surface area contributed by atoms with Crippen LogP contribution in [0.4, 0.5) is 11.4 Å². The molecule has 0 bridgehead atoms. The Kier molecular flexibility index (Phi) is 3.45. The molecule has 1 aromatic rings. The van der Waals surface area contributed by atoms with Crippen molar-refractivity contribution in [3.05, 3.63) is 23.8 Å².